The first kappa shape index (κ1) is 12.3. The van der Waals surface area contributed by atoms with Crippen molar-refractivity contribution in [2.45, 2.75) is 22.0 Å². The lowest BCUT2D eigenvalue weighted by Crippen LogP contribution is -2.10. The van der Waals surface area contributed by atoms with E-state index in [1.54, 1.807) is 6.07 Å². The Hall–Kier alpha value is 0.200. The van der Waals surface area contributed by atoms with Gasteiger partial charge in [-0.1, -0.05) is 37.9 Å². The van der Waals surface area contributed by atoms with Crippen LogP contribution in [0.15, 0.2) is 23.1 Å². The van der Waals surface area contributed by atoms with Crippen LogP contribution < -0.4 is 0 Å². The van der Waals surface area contributed by atoms with Gasteiger partial charge in [0, 0.05) is 15.8 Å². The number of hydrogen-bond acceptors (Lipinski definition) is 2. The lowest BCUT2D eigenvalue weighted by Gasteiger charge is -2.06. The highest BCUT2D eigenvalue weighted by Gasteiger charge is 2.12. The SMILES string of the molecule is CC(Br)C(=O)c1ccc(S)c(CBr)c1. The first-order chi connectivity index (χ1) is 6.56. The number of carbonyl (C=O) groups excluding carboxylic acids is 1. The summed E-state index contributed by atoms with van der Waals surface area (Å²) in [4.78, 5) is 12.4. The zero-order chi connectivity index (χ0) is 10.7. The van der Waals surface area contributed by atoms with Crippen molar-refractivity contribution < 1.29 is 4.79 Å². The van der Waals surface area contributed by atoms with Gasteiger partial charge in [0.05, 0.1) is 4.83 Å². The molecule has 1 atom stereocenters. The third-order valence-electron chi connectivity index (χ3n) is 1.87. The fraction of sp³-hybridized carbons (Fsp3) is 0.300. The molecule has 0 aliphatic carbocycles. The molecule has 1 unspecified atom stereocenters. The number of hydrogen-bond donors (Lipinski definition) is 1. The molecule has 1 aromatic carbocycles. The van der Waals surface area contributed by atoms with E-state index in [9.17, 15) is 4.79 Å². The summed E-state index contributed by atoms with van der Waals surface area (Å²) >= 11 is 10.9. The van der Waals surface area contributed by atoms with Gasteiger partial charge in [-0.05, 0) is 24.6 Å². The summed E-state index contributed by atoms with van der Waals surface area (Å²) in [5, 5.41) is 0.712. The molecule has 1 aromatic rings. The summed E-state index contributed by atoms with van der Waals surface area (Å²) in [7, 11) is 0. The van der Waals surface area contributed by atoms with Crippen LogP contribution in [0.2, 0.25) is 0 Å². The number of thiol groups is 1. The fourth-order valence-electron chi connectivity index (χ4n) is 1.08. The quantitative estimate of drug-likeness (QED) is 0.504. The molecule has 0 amide bonds. The van der Waals surface area contributed by atoms with Crippen molar-refractivity contribution in [3.63, 3.8) is 0 Å². The van der Waals surface area contributed by atoms with E-state index in [0.29, 0.717) is 5.33 Å². The van der Waals surface area contributed by atoms with Gasteiger partial charge >= 0.3 is 0 Å². The fourth-order valence-corrected chi connectivity index (χ4v) is 2.24. The molecule has 0 saturated heterocycles. The molecule has 0 aliphatic rings. The number of alkyl halides is 2. The maximum absolute atomic E-state index is 11.6. The monoisotopic (exact) mass is 336 g/mol. The average Bonchev–Trinajstić information content (AvgIpc) is 2.17. The van der Waals surface area contributed by atoms with Gasteiger partial charge in [-0.25, -0.2) is 0 Å². The standard InChI is InChI=1S/C10H10Br2OS/c1-6(12)10(13)7-2-3-9(14)8(4-7)5-11/h2-4,6,14H,5H2,1H3. The zero-order valence-electron chi connectivity index (χ0n) is 7.63. The third kappa shape index (κ3) is 2.84. The van der Waals surface area contributed by atoms with E-state index in [1.807, 2.05) is 19.1 Å². The van der Waals surface area contributed by atoms with E-state index in [1.165, 1.54) is 0 Å². The number of halogens is 2. The van der Waals surface area contributed by atoms with Crippen LogP contribution >= 0.6 is 44.5 Å². The minimum atomic E-state index is -0.142. The van der Waals surface area contributed by atoms with Crippen molar-refractivity contribution in [3.05, 3.63) is 29.3 Å². The highest BCUT2D eigenvalue weighted by molar-refractivity contribution is 9.10. The molecule has 0 radical (unpaired) electrons. The number of ketones is 1. The molecule has 0 spiro atoms. The van der Waals surface area contributed by atoms with E-state index in [0.717, 1.165) is 16.0 Å². The topological polar surface area (TPSA) is 17.1 Å². The van der Waals surface area contributed by atoms with E-state index in [4.69, 9.17) is 0 Å². The minimum Gasteiger partial charge on any atom is -0.293 e. The van der Waals surface area contributed by atoms with Gasteiger partial charge in [-0.15, -0.1) is 12.6 Å². The maximum Gasteiger partial charge on any atom is 0.176 e. The molecular formula is C10H10Br2OS. The Kier molecular flexibility index (Phi) is 4.67. The Morgan fingerprint density at radius 2 is 2.21 bits per heavy atom. The average molecular weight is 338 g/mol. The van der Waals surface area contributed by atoms with Gasteiger partial charge < -0.3 is 0 Å². The summed E-state index contributed by atoms with van der Waals surface area (Å²) in [5.74, 6) is 0.0977. The molecular weight excluding hydrogens is 328 g/mol. The minimum absolute atomic E-state index is 0.0977. The number of rotatable bonds is 3. The van der Waals surface area contributed by atoms with E-state index in [-0.39, 0.29) is 10.6 Å². The van der Waals surface area contributed by atoms with Crippen LogP contribution in [0.5, 0.6) is 0 Å². The molecule has 0 N–H and O–H groups in total. The lowest BCUT2D eigenvalue weighted by molar-refractivity contribution is 0.0995. The van der Waals surface area contributed by atoms with E-state index in [2.05, 4.69) is 44.5 Å². The van der Waals surface area contributed by atoms with Crippen LogP contribution in [-0.4, -0.2) is 10.6 Å². The maximum atomic E-state index is 11.6. The Morgan fingerprint density at radius 1 is 1.57 bits per heavy atom. The van der Waals surface area contributed by atoms with Crippen molar-refractivity contribution in [1.29, 1.82) is 0 Å². The van der Waals surface area contributed by atoms with Gasteiger partial charge in [0.25, 0.3) is 0 Å². The summed E-state index contributed by atoms with van der Waals surface area (Å²) in [6.45, 7) is 1.82. The van der Waals surface area contributed by atoms with Gasteiger partial charge in [0.2, 0.25) is 0 Å². The molecule has 14 heavy (non-hydrogen) atoms. The second-order valence-corrected chi connectivity index (χ2v) is 5.37. The largest absolute Gasteiger partial charge is 0.293 e. The third-order valence-corrected chi connectivity index (χ3v) is 3.33. The molecule has 1 nitrogen and oxygen atoms in total. The molecule has 0 fully saturated rings. The summed E-state index contributed by atoms with van der Waals surface area (Å²) in [5.41, 5.74) is 1.76. The first-order valence-corrected chi connectivity index (χ1v) is 6.61. The number of carbonyl (C=O) groups is 1. The van der Waals surface area contributed by atoms with Gasteiger partial charge in [-0.2, -0.15) is 0 Å². The summed E-state index contributed by atoms with van der Waals surface area (Å²) in [6.07, 6.45) is 0. The highest BCUT2D eigenvalue weighted by atomic mass is 79.9. The Bertz CT molecular complexity index is 350. The molecule has 76 valence electrons. The predicted molar refractivity (Wildman–Crippen MR) is 69.0 cm³/mol. The van der Waals surface area contributed by atoms with Crippen molar-refractivity contribution in [2.24, 2.45) is 0 Å². The summed E-state index contributed by atoms with van der Waals surface area (Å²) in [6, 6.07) is 5.52. The summed E-state index contributed by atoms with van der Waals surface area (Å²) < 4.78 is 0. The van der Waals surface area contributed by atoms with Crippen LogP contribution in [0, 0.1) is 0 Å². The molecule has 0 aliphatic heterocycles. The van der Waals surface area contributed by atoms with Crippen LogP contribution in [-0.2, 0) is 5.33 Å². The number of benzene rings is 1. The molecule has 1 rings (SSSR count). The van der Waals surface area contributed by atoms with Crippen molar-refractivity contribution in [1.82, 2.24) is 0 Å². The molecule has 0 aromatic heterocycles. The Labute approximate surface area is 106 Å². The molecule has 0 bridgehead atoms. The van der Waals surface area contributed by atoms with Crippen molar-refractivity contribution >= 4 is 50.3 Å². The van der Waals surface area contributed by atoms with Gasteiger partial charge in [0.1, 0.15) is 0 Å². The van der Waals surface area contributed by atoms with Crippen LogP contribution in [0.25, 0.3) is 0 Å². The highest BCUT2D eigenvalue weighted by Crippen LogP contribution is 2.20. The van der Waals surface area contributed by atoms with E-state index < -0.39 is 0 Å². The van der Waals surface area contributed by atoms with Gasteiger partial charge in [-0.3, -0.25) is 4.79 Å². The van der Waals surface area contributed by atoms with Crippen molar-refractivity contribution in [2.75, 3.05) is 0 Å². The van der Waals surface area contributed by atoms with Crippen LogP contribution in [0.3, 0.4) is 0 Å². The van der Waals surface area contributed by atoms with Gasteiger partial charge in [0.15, 0.2) is 5.78 Å². The first-order valence-electron chi connectivity index (χ1n) is 4.12. The zero-order valence-corrected chi connectivity index (χ0v) is 11.7. The van der Waals surface area contributed by atoms with Crippen molar-refractivity contribution in [3.8, 4) is 0 Å². The Morgan fingerprint density at radius 3 is 2.71 bits per heavy atom. The normalized spacial score (nSPS) is 12.6. The number of Topliss-reactive ketones (excluding diaryl/α,β-unsaturated/α-hetero) is 1. The molecule has 4 heteroatoms. The predicted octanol–water partition coefficient (Wildman–Crippen LogP) is 3.84. The lowest BCUT2D eigenvalue weighted by atomic mass is 10.1. The Balaban J connectivity index is 3.06. The van der Waals surface area contributed by atoms with E-state index >= 15 is 0 Å². The second-order valence-electron chi connectivity index (χ2n) is 2.96. The molecule has 0 heterocycles. The second kappa shape index (κ2) is 5.33. The molecule has 0 saturated carbocycles. The van der Waals surface area contributed by atoms with Crippen LogP contribution in [0.4, 0.5) is 0 Å². The smallest absolute Gasteiger partial charge is 0.176 e. The van der Waals surface area contributed by atoms with Crippen LogP contribution in [0.1, 0.15) is 22.8 Å².